The van der Waals surface area contributed by atoms with Crippen molar-refractivity contribution in [3.05, 3.63) is 34.2 Å². The van der Waals surface area contributed by atoms with Crippen molar-refractivity contribution in [3.63, 3.8) is 0 Å². The van der Waals surface area contributed by atoms with Crippen molar-refractivity contribution >= 4 is 28.8 Å². The summed E-state index contributed by atoms with van der Waals surface area (Å²) < 4.78 is 37.6. The van der Waals surface area contributed by atoms with Crippen molar-refractivity contribution in [2.75, 3.05) is 7.11 Å². The molecule has 4 unspecified atom stereocenters. The molecule has 1 saturated heterocycles. The number of aryl methyl sites for hydroxylation is 1. The van der Waals surface area contributed by atoms with Gasteiger partial charge in [0, 0.05) is 22.1 Å². The van der Waals surface area contributed by atoms with Gasteiger partial charge in [0.15, 0.2) is 20.2 Å². The largest absolute Gasteiger partial charge is 0.462 e. The maximum atomic E-state index is 12.3. The molecule has 8 nitrogen and oxygen atoms in total. The standard InChI is InChI=1S/C26H38O8PSi/c1-6-36(7-2,8-3)34-22-23(33-35)25(32-26(24(22)29-5)13-9-10-14-26)30-19-12-11-17-18(27)15-20(28)31-21(17)16(19)4/h11-12,15,22-25H,6-10,13-14,35H2,1-5H3/t22-,23?,24?,25?/m0/s1. The molecule has 1 aliphatic heterocycles. The summed E-state index contributed by atoms with van der Waals surface area (Å²) in [4.78, 5) is 11.9. The molecule has 4 rings (SSSR count). The van der Waals surface area contributed by atoms with E-state index in [0.29, 0.717) is 16.7 Å². The van der Waals surface area contributed by atoms with Crippen LogP contribution in [0.4, 0.5) is 0 Å². The lowest BCUT2D eigenvalue weighted by Crippen LogP contribution is -2.67. The molecule has 5 atom stereocenters. The van der Waals surface area contributed by atoms with Crippen LogP contribution in [0.25, 0.3) is 11.0 Å². The molecule has 2 aromatic rings. The minimum absolute atomic E-state index is 0.219. The van der Waals surface area contributed by atoms with Gasteiger partial charge in [-0.1, -0.05) is 33.6 Å². The zero-order valence-corrected chi connectivity index (χ0v) is 24.0. The molecule has 1 saturated carbocycles. The van der Waals surface area contributed by atoms with Crippen LogP contribution in [0.3, 0.4) is 0 Å². The molecule has 1 aromatic heterocycles. The Labute approximate surface area is 216 Å². The van der Waals surface area contributed by atoms with E-state index in [1.165, 1.54) is 0 Å². The third-order valence-electron chi connectivity index (χ3n) is 8.26. The van der Waals surface area contributed by atoms with E-state index in [2.05, 4.69) is 30.2 Å². The lowest BCUT2D eigenvalue weighted by Gasteiger charge is -2.52. The predicted octanol–water partition coefficient (Wildman–Crippen LogP) is 5.87. The van der Waals surface area contributed by atoms with Crippen LogP contribution in [0.1, 0.15) is 52.0 Å². The number of benzene rings is 1. The van der Waals surface area contributed by atoms with E-state index in [1.807, 2.05) is 0 Å². The number of hydrogen-bond donors (Lipinski definition) is 0. The van der Waals surface area contributed by atoms with Crippen LogP contribution in [0.2, 0.25) is 18.1 Å². The van der Waals surface area contributed by atoms with Gasteiger partial charge in [-0.05, 0) is 50.0 Å². The number of ether oxygens (including phenoxy) is 3. The molecule has 2 heterocycles. The molecule has 1 aliphatic carbocycles. The van der Waals surface area contributed by atoms with Crippen molar-refractivity contribution in [2.45, 2.75) is 102 Å². The lowest BCUT2D eigenvalue weighted by atomic mass is 9.85. The first-order valence-electron chi connectivity index (χ1n) is 12.9. The zero-order valence-electron chi connectivity index (χ0n) is 21.8. The topological polar surface area (TPSA) is 96.3 Å². The van der Waals surface area contributed by atoms with E-state index in [-0.39, 0.29) is 23.5 Å². The summed E-state index contributed by atoms with van der Waals surface area (Å²) in [5.41, 5.74) is -0.455. The monoisotopic (exact) mass is 537 g/mol. The SMILES string of the molecule is CC[Si](CC)(CC)O[C@H]1C(OP)C(Oc2ccc3c([O])cc(=O)oc3c2C)OC2(CCCC2)C1OC. The Bertz CT molecular complexity index is 1100. The third-order valence-corrected chi connectivity index (χ3v) is 13.2. The smallest absolute Gasteiger partial charge is 0.340 e. The minimum atomic E-state index is -2.03. The van der Waals surface area contributed by atoms with E-state index in [4.69, 9.17) is 27.6 Å². The van der Waals surface area contributed by atoms with Crippen LogP contribution in [0.5, 0.6) is 11.5 Å². The Morgan fingerprint density at radius 2 is 1.78 bits per heavy atom. The first-order chi connectivity index (χ1) is 17.3. The Morgan fingerprint density at radius 3 is 2.36 bits per heavy atom. The highest BCUT2D eigenvalue weighted by Crippen LogP contribution is 2.47. The molecule has 1 spiro atoms. The normalized spacial score (nSPS) is 26.1. The molecule has 10 heteroatoms. The maximum absolute atomic E-state index is 12.3. The number of fused-ring (bicyclic) bond motifs is 1. The van der Waals surface area contributed by atoms with Crippen LogP contribution >= 0.6 is 9.47 Å². The second-order valence-corrected chi connectivity index (χ2v) is 14.9. The fourth-order valence-corrected chi connectivity index (χ4v) is 9.05. The van der Waals surface area contributed by atoms with Gasteiger partial charge < -0.3 is 27.6 Å². The first kappa shape index (κ1) is 27.5. The number of methoxy groups -OCH3 is 1. The molecule has 2 aliphatic rings. The fourth-order valence-electron chi connectivity index (χ4n) is 5.93. The molecule has 0 N–H and O–H groups in total. The summed E-state index contributed by atoms with van der Waals surface area (Å²) in [5.74, 6) is 0.0818. The van der Waals surface area contributed by atoms with Crippen molar-refractivity contribution < 1.29 is 32.7 Å². The molecule has 0 bridgehead atoms. The Kier molecular flexibility index (Phi) is 8.49. The summed E-state index contributed by atoms with van der Waals surface area (Å²) in [6, 6.07) is 7.27. The average Bonchev–Trinajstić information content (AvgIpc) is 3.33. The van der Waals surface area contributed by atoms with Gasteiger partial charge in [0.1, 0.15) is 29.1 Å². The summed E-state index contributed by atoms with van der Waals surface area (Å²) in [5, 5.41) is 12.6. The van der Waals surface area contributed by atoms with Crippen molar-refractivity contribution in [1.29, 1.82) is 0 Å². The van der Waals surface area contributed by atoms with Gasteiger partial charge in [0.05, 0.1) is 11.5 Å². The molecule has 36 heavy (non-hydrogen) atoms. The molecular weight excluding hydrogens is 499 g/mol. The van der Waals surface area contributed by atoms with Crippen LogP contribution < -0.4 is 10.4 Å². The highest BCUT2D eigenvalue weighted by molar-refractivity contribution is 7.09. The molecule has 2 fully saturated rings. The fraction of sp³-hybridized carbons (Fsp3) is 0.654. The van der Waals surface area contributed by atoms with Gasteiger partial charge in [-0.2, -0.15) is 0 Å². The summed E-state index contributed by atoms with van der Waals surface area (Å²) in [6.07, 6.45) is 1.75. The predicted molar refractivity (Wildman–Crippen MR) is 142 cm³/mol. The van der Waals surface area contributed by atoms with Crippen LogP contribution in [-0.2, 0) is 23.5 Å². The summed E-state index contributed by atoms with van der Waals surface area (Å²) >= 11 is 0. The summed E-state index contributed by atoms with van der Waals surface area (Å²) in [7, 11) is 2.03. The molecule has 1 aromatic carbocycles. The van der Waals surface area contributed by atoms with Crippen LogP contribution in [-0.4, -0.2) is 45.6 Å². The van der Waals surface area contributed by atoms with Gasteiger partial charge in [-0.15, -0.1) is 0 Å². The maximum Gasteiger partial charge on any atom is 0.340 e. The van der Waals surface area contributed by atoms with Gasteiger partial charge in [-0.25, -0.2) is 4.79 Å². The van der Waals surface area contributed by atoms with E-state index in [9.17, 15) is 9.90 Å². The molecule has 199 valence electrons. The van der Waals surface area contributed by atoms with Crippen molar-refractivity contribution in [3.8, 4) is 11.5 Å². The second-order valence-electron chi connectivity index (χ2n) is 9.95. The van der Waals surface area contributed by atoms with Gasteiger partial charge >= 0.3 is 5.63 Å². The quantitative estimate of drug-likeness (QED) is 0.224. The van der Waals surface area contributed by atoms with Crippen LogP contribution in [0, 0.1) is 6.92 Å². The van der Waals surface area contributed by atoms with Gasteiger partial charge in [0.2, 0.25) is 6.29 Å². The number of hydrogen-bond acceptors (Lipinski definition) is 7. The molecule has 1 radical (unpaired) electrons. The molecule has 0 amide bonds. The lowest BCUT2D eigenvalue weighted by molar-refractivity contribution is -0.305. The Hall–Kier alpha value is -1.48. The Balaban J connectivity index is 1.75. The Morgan fingerprint density at radius 1 is 1.11 bits per heavy atom. The van der Waals surface area contributed by atoms with Gasteiger partial charge in [0.25, 0.3) is 0 Å². The van der Waals surface area contributed by atoms with Crippen molar-refractivity contribution in [1.82, 2.24) is 0 Å². The van der Waals surface area contributed by atoms with E-state index >= 15 is 0 Å². The summed E-state index contributed by atoms with van der Waals surface area (Å²) in [6.45, 7) is 8.37. The van der Waals surface area contributed by atoms with Crippen LogP contribution in [0.15, 0.2) is 27.4 Å². The van der Waals surface area contributed by atoms with E-state index < -0.39 is 31.9 Å². The highest BCUT2D eigenvalue weighted by Gasteiger charge is 2.59. The highest BCUT2D eigenvalue weighted by atomic mass is 31.0. The van der Waals surface area contributed by atoms with Crippen molar-refractivity contribution in [2.24, 2.45) is 0 Å². The average molecular weight is 538 g/mol. The van der Waals surface area contributed by atoms with E-state index in [0.717, 1.165) is 49.9 Å². The molecular formula is C26H38O8PSi. The third kappa shape index (κ3) is 4.86. The van der Waals surface area contributed by atoms with E-state index in [1.54, 1.807) is 26.2 Å². The van der Waals surface area contributed by atoms with Gasteiger partial charge in [-0.3, -0.25) is 5.11 Å². The second kappa shape index (κ2) is 11.1. The number of rotatable bonds is 9. The minimum Gasteiger partial charge on any atom is -0.462 e. The zero-order chi connectivity index (χ0) is 26.1. The first-order valence-corrected chi connectivity index (χ1v) is 15.9.